The normalized spacial score (nSPS) is 18.6. The van der Waals surface area contributed by atoms with Gasteiger partial charge in [-0.1, -0.05) is 18.2 Å². The van der Waals surface area contributed by atoms with Crippen LogP contribution < -0.4 is 4.90 Å². The SMILES string of the molecule is O=C(C1=CN(c2cccc(C(F)(F)F)c2)c2ccccc2S1(=O)=O)N1CCCCC1. The van der Waals surface area contributed by atoms with Crippen molar-refractivity contribution in [3.8, 4) is 0 Å². The summed E-state index contributed by atoms with van der Waals surface area (Å²) < 4.78 is 66.0. The maximum atomic E-state index is 13.2. The summed E-state index contributed by atoms with van der Waals surface area (Å²) in [5.41, 5.74) is -0.536. The van der Waals surface area contributed by atoms with E-state index < -0.39 is 32.4 Å². The Balaban J connectivity index is 1.86. The predicted molar refractivity (Wildman–Crippen MR) is 106 cm³/mol. The van der Waals surface area contributed by atoms with Crippen LogP contribution in [0, 0.1) is 0 Å². The molecule has 0 aromatic heterocycles. The second-order valence-electron chi connectivity index (χ2n) is 7.24. The zero-order valence-corrected chi connectivity index (χ0v) is 16.7. The fourth-order valence-electron chi connectivity index (χ4n) is 3.73. The number of alkyl halides is 3. The van der Waals surface area contributed by atoms with Crippen molar-refractivity contribution in [2.45, 2.75) is 30.3 Å². The molecule has 2 aliphatic rings. The fourth-order valence-corrected chi connectivity index (χ4v) is 5.27. The minimum Gasteiger partial charge on any atom is -0.338 e. The molecule has 0 aliphatic carbocycles. The third kappa shape index (κ3) is 3.58. The Morgan fingerprint density at radius 1 is 0.933 bits per heavy atom. The summed E-state index contributed by atoms with van der Waals surface area (Å²) in [4.78, 5) is 15.3. The number of likely N-dealkylation sites (tertiary alicyclic amines) is 1. The fraction of sp³-hybridized carbons (Fsp3) is 0.286. The van der Waals surface area contributed by atoms with E-state index in [0.717, 1.165) is 37.6 Å². The first-order valence-electron chi connectivity index (χ1n) is 9.51. The molecule has 9 heteroatoms. The number of fused-ring (bicyclic) bond motifs is 1. The quantitative estimate of drug-likeness (QED) is 0.696. The molecule has 0 saturated carbocycles. The molecule has 1 fully saturated rings. The van der Waals surface area contributed by atoms with Crippen LogP contribution in [-0.4, -0.2) is 32.3 Å². The number of nitrogens with zero attached hydrogens (tertiary/aromatic N) is 2. The molecule has 2 aliphatic heterocycles. The third-order valence-corrected chi connectivity index (χ3v) is 7.04. The number of sulfone groups is 1. The molecule has 5 nitrogen and oxygen atoms in total. The second-order valence-corrected chi connectivity index (χ2v) is 9.12. The lowest BCUT2D eigenvalue weighted by Gasteiger charge is -2.32. The van der Waals surface area contributed by atoms with Crippen LogP contribution in [0.4, 0.5) is 24.5 Å². The first kappa shape index (κ1) is 20.5. The molecule has 4 rings (SSSR count). The number of benzene rings is 2. The van der Waals surface area contributed by atoms with Crippen molar-refractivity contribution in [3.63, 3.8) is 0 Å². The van der Waals surface area contributed by atoms with Crippen LogP contribution in [0.1, 0.15) is 24.8 Å². The molecule has 30 heavy (non-hydrogen) atoms. The van der Waals surface area contributed by atoms with Crippen LogP contribution >= 0.6 is 0 Å². The van der Waals surface area contributed by atoms with E-state index in [9.17, 15) is 26.4 Å². The molecule has 0 bridgehead atoms. The smallest absolute Gasteiger partial charge is 0.338 e. The number of amides is 1. The van der Waals surface area contributed by atoms with Crippen LogP contribution in [0.2, 0.25) is 0 Å². The molecule has 2 heterocycles. The second kappa shape index (κ2) is 7.46. The van der Waals surface area contributed by atoms with Crippen LogP contribution in [0.3, 0.4) is 0 Å². The Kier molecular flexibility index (Phi) is 5.09. The molecule has 1 saturated heterocycles. The minimum atomic E-state index is -4.55. The molecule has 158 valence electrons. The maximum absolute atomic E-state index is 13.2. The number of anilines is 2. The highest BCUT2D eigenvalue weighted by atomic mass is 32.2. The Morgan fingerprint density at radius 2 is 1.63 bits per heavy atom. The van der Waals surface area contributed by atoms with Gasteiger partial charge >= 0.3 is 6.18 Å². The number of carbonyl (C=O) groups excluding carboxylic acids is 1. The summed E-state index contributed by atoms with van der Waals surface area (Å²) in [5, 5.41) is 0. The van der Waals surface area contributed by atoms with E-state index in [0.29, 0.717) is 13.1 Å². The van der Waals surface area contributed by atoms with E-state index in [1.807, 2.05) is 0 Å². The van der Waals surface area contributed by atoms with Gasteiger partial charge in [0.15, 0.2) is 4.91 Å². The molecule has 2 aromatic carbocycles. The van der Waals surface area contributed by atoms with E-state index >= 15 is 0 Å². The molecule has 0 spiro atoms. The predicted octanol–water partition coefficient (Wildman–Crippen LogP) is 4.48. The summed E-state index contributed by atoms with van der Waals surface area (Å²) in [6.07, 6.45) is -0.869. The lowest BCUT2D eigenvalue weighted by Crippen LogP contribution is -2.39. The summed E-state index contributed by atoms with van der Waals surface area (Å²) in [6.45, 7) is 0.911. The van der Waals surface area contributed by atoms with Crippen LogP contribution in [0.15, 0.2) is 64.5 Å². The van der Waals surface area contributed by atoms with Crippen LogP contribution in [0.5, 0.6) is 0 Å². The number of halogens is 3. The largest absolute Gasteiger partial charge is 0.416 e. The van der Waals surface area contributed by atoms with Gasteiger partial charge in [-0.2, -0.15) is 13.2 Å². The summed E-state index contributed by atoms with van der Waals surface area (Å²) >= 11 is 0. The number of carbonyl (C=O) groups is 1. The summed E-state index contributed by atoms with van der Waals surface area (Å²) in [5.74, 6) is -0.624. The Hall–Kier alpha value is -2.81. The molecular formula is C21H19F3N2O3S. The van der Waals surface area contributed by atoms with Gasteiger partial charge in [-0.25, -0.2) is 8.42 Å². The van der Waals surface area contributed by atoms with Crippen LogP contribution in [-0.2, 0) is 20.8 Å². The average molecular weight is 436 g/mol. The Labute approximate surface area is 172 Å². The molecule has 2 aromatic rings. The minimum absolute atomic E-state index is 0.106. The number of hydrogen-bond acceptors (Lipinski definition) is 4. The van der Waals surface area contributed by atoms with Gasteiger partial charge in [0, 0.05) is 25.0 Å². The highest BCUT2D eigenvalue weighted by molar-refractivity contribution is 7.96. The molecule has 0 unspecified atom stereocenters. The highest BCUT2D eigenvalue weighted by Gasteiger charge is 2.38. The van der Waals surface area contributed by atoms with Crippen molar-refractivity contribution in [1.82, 2.24) is 4.90 Å². The lowest BCUT2D eigenvalue weighted by molar-refractivity contribution is -0.137. The maximum Gasteiger partial charge on any atom is 0.416 e. The zero-order chi connectivity index (χ0) is 21.5. The van der Waals surface area contributed by atoms with E-state index in [4.69, 9.17) is 0 Å². The van der Waals surface area contributed by atoms with Gasteiger partial charge in [0.2, 0.25) is 9.84 Å². The topological polar surface area (TPSA) is 57.7 Å². The first-order valence-corrected chi connectivity index (χ1v) is 11.0. The molecule has 0 N–H and O–H groups in total. The highest BCUT2D eigenvalue weighted by Crippen LogP contribution is 2.41. The standard InChI is InChI=1S/C21H19F3N2O3S/c22-21(23,24)15-7-6-8-16(13-15)26-14-19(20(27)25-11-4-1-5-12-25)30(28,29)18-10-3-2-9-17(18)26/h2-3,6-10,13-14H,1,4-5,11-12H2. The van der Waals surface area contributed by atoms with Crippen molar-refractivity contribution in [3.05, 3.63) is 65.2 Å². The van der Waals surface area contributed by atoms with Gasteiger partial charge in [-0.05, 0) is 49.6 Å². The van der Waals surface area contributed by atoms with E-state index in [1.165, 1.54) is 40.1 Å². The van der Waals surface area contributed by atoms with Gasteiger partial charge in [-0.15, -0.1) is 0 Å². The van der Waals surface area contributed by atoms with E-state index in [2.05, 4.69) is 0 Å². The van der Waals surface area contributed by atoms with Gasteiger partial charge in [-0.3, -0.25) is 4.79 Å². The lowest BCUT2D eigenvalue weighted by atomic mass is 10.1. The Bertz CT molecular complexity index is 1120. The van der Waals surface area contributed by atoms with Crippen molar-refractivity contribution < 1.29 is 26.4 Å². The van der Waals surface area contributed by atoms with Crippen molar-refractivity contribution in [2.24, 2.45) is 0 Å². The van der Waals surface area contributed by atoms with Gasteiger partial charge in [0.25, 0.3) is 5.91 Å². The Morgan fingerprint density at radius 3 is 2.33 bits per heavy atom. The number of hydrogen-bond donors (Lipinski definition) is 0. The van der Waals surface area contributed by atoms with E-state index in [1.54, 1.807) is 6.07 Å². The summed E-state index contributed by atoms with van der Waals surface area (Å²) in [6, 6.07) is 10.6. The number of para-hydroxylation sites is 1. The molecule has 1 amide bonds. The molecular weight excluding hydrogens is 417 g/mol. The molecule has 0 atom stereocenters. The monoisotopic (exact) mass is 436 g/mol. The average Bonchev–Trinajstić information content (AvgIpc) is 2.74. The van der Waals surface area contributed by atoms with Gasteiger partial charge in [0.1, 0.15) is 0 Å². The van der Waals surface area contributed by atoms with Gasteiger partial charge < -0.3 is 9.80 Å². The van der Waals surface area contributed by atoms with Crippen molar-refractivity contribution >= 4 is 27.1 Å². The van der Waals surface area contributed by atoms with Crippen LogP contribution in [0.25, 0.3) is 0 Å². The number of rotatable bonds is 2. The van der Waals surface area contributed by atoms with E-state index in [-0.39, 0.29) is 16.3 Å². The molecule has 0 radical (unpaired) electrons. The van der Waals surface area contributed by atoms with Gasteiger partial charge in [0.05, 0.1) is 16.1 Å². The summed E-state index contributed by atoms with van der Waals surface area (Å²) in [7, 11) is -4.10. The van der Waals surface area contributed by atoms with Crippen molar-refractivity contribution in [1.29, 1.82) is 0 Å². The first-order chi connectivity index (χ1) is 14.2. The number of piperidine rings is 1. The van der Waals surface area contributed by atoms with Crippen molar-refractivity contribution in [2.75, 3.05) is 18.0 Å². The zero-order valence-electron chi connectivity index (χ0n) is 15.9. The third-order valence-electron chi connectivity index (χ3n) is 5.26.